The lowest BCUT2D eigenvalue weighted by molar-refractivity contribution is -0.109. The third-order valence-electron chi connectivity index (χ3n) is 3.42. The van der Waals surface area contributed by atoms with Gasteiger partial charge in [0.05, 0.1) is 0 Å². The van der Waals surface area contributed by atoms with Crippen LogP contribution in [0.25, 0.3) is 0 Å². The minimum absolute atomic E-state index is 0.670. The Morgan fingerprint density at radius 3 is 1.87 bits per heavy atom. The van der Waals surface area contributed by atoms with Gasteiger partial charge >= 0.3 is 0 Å². The number of amides is 1. The van der Waals surface area contributed by atoms with Crippen molar-refractivity contribution >= 4 is 18.2 Å². The Balaban J connectivity index is -0.000000188. The predicted molar refractivity (Wildman–Crippen MR) is 141 cm³/mol. The molecule has 6 heteroatoms. The highest BCUT2D eigenvalue weighted by molar-refractivity contribution is 5.45. The molecule has 0 unspecified atom stereocenters. The second-order valence-electron chi connectivity index (χ2n) is 6.44. The van der Waals surface area contributed by atoms with Crippen LogP contribution in [-0.4, -0.2) is 36.5 Å². The quantitative estimate of drug-likeness (QED) is 0.236. The second kappa shape index (κ2) is 35.6. The van der Waals surface area contributed by atoms with Crippen molar-refractivity contribution < 1.29 is 4.79 Å². The summed E-state index contributed by atoms with van der Waals surface area (Å²) in [6.07, 6.45) is 10.6. The zero-order valence-corrected chi connectivity index (χ0v) is 22.5. The molecule has 3 N–H and O–H groups in total. The number of hydrogen-bond acceptors (Lipinski definition) is 5. The fraction of sp³-hybridized carbons (Fsp3) is 0.800. The van der Waals surface area contributed by atoms with Gasteiger partial charge < -0.3 is 16.0 Å². The molecule has 0 aliphatic heterocycles. The van der Waals surface area contributed by atoms with Crippen molar-refractivity contribution in [2.45, 2.75) is 114 Å². The first-order chi connectivity index (χ1) is 15.1. The molecule has 1 rings (SSSR count). The summed E-state index contributed by atoms with van der Waals surface area (Å²) in [6, 6.07) is 1.95. The number of nitrogens with zero attached hydrogens (tertiary/aromatic N) is 2. The number of carbonyl (C=O) groups excluding carboxylic acids is 1. The van der Waals surface area contributed by atoms with Crippen LogP contribution in [0.4, 0.5) is 11.8 Å². The highest BCUT2D eigenvalue weighted by Crippen LogP contribution is 2.08. The molecule has 0 aromatic carbocycles. The number of carbonyl (C=O) groups is 1. The molecule has 1 aromatic rings. The Kier molecular flexibility index (Phi) is 41.9. The number of hydrogen-bond donors (Lipinski definition) is 3. The van der Waals surface area contributed by atoms with Crippen LogP contribution in [0.5, 0.6) is 0 Å². The largest absolute Gasteiger partial charge is 0.370 e. The number of aryl methyl sites for hydroxylation is 1. The molecule has 186 valence electrons. The van der Waals surface area contributed by atoms with Gasteiger partial charge in [0, 0.05) is 31.9 Å². The molecule has 0 radical (unpaired) electrons. The first-order valence-corrected chi connectivity index (χ1v) is 12.5. The molecule has 0 aliphatic rings. The van der Waals surface area contributed by atoms with Crippen LogP contribution in [0.2, 0.25) is 0 Å². The first-order valence-electron chi connectivity index (χ1n) is 12.5. The van der Waals surface area contributed by atoms with Crippen molar-refractivity contribution in [2.24, 2.45) is 0 Å². The van der Waals surface area contributed by atoms with Gasteiger partial charge in [-0.05, 0) is 19.8 Å². The van der Waals surface area contributed by atoms with Gasteiger partial charge in [-0.25, -0.2) is 4.98 Å². The molecule has 1 aromatic heterocycles. The van der Waals surface area contributed by atoms with E-state index in [1.54, 1.807) is 0 Å². The Hall–Kier alpha value is -1.85. The molecule has 1 amide bonds. The van der Waals surface area contributed by atoms with Gasteiger partial charge in [0.2, 0.25) is 12.4 Å². The molecule has 0 spiro atoms. The first kappa shape index (κ1) is 36.5. The lowest BCUT2D eigenvalue weighted by Crippen LogP contribution is -2.11. The molecule has 0 atom stereocenters. The predicted octanol–water partition coefficient (Wildman–Crippen LogP) is 7.21. The minimum Gasteiger partial charge on any atom is -0.370 e. The van der Waals surface area contributed by atoms with Crippen LogP contribution in [-0.2, 0) is 4.79 Å². The van der Waals surface area contributed by atoms with E-state index in [1.165, 1.54) is 38.5 Å². The van der Waals surface area contributed by atoms with E-state index in [9.17, 15) is 4.79 Å². The molecule has 0 bridgehead atoms. The van der Waals surface area contributed by atoms with Crippen LogP contribution in [0, 0.1) is 6.92 Å². The number of nitrogens with one attached hydrogen (secondary N) is 3. The Morgan fingerprint density at radius 2 is 1.39 bits per heavy atom. The van der Waals surface area contributed by atoms with Crippen molar-refractivity contribution in [3.63, 3.8) is 0 Å². The monoisotopic (exact) mass is 441 g/mol. The Labute approximate surface area is 194 Å². The average Bonchev–Trinajstić information content (AvgIpc) is 2.80. The summed E-state index contributed by atoms with van der Waals surface area (Å²) in [7, 11) is 1.82. The highest BCUT2D eigenvalue weighted by Gasteiger charge is 1.99. The lowest BCUT2D eigenvalue weighted by Gasteiger charge is -2.07. The molecule has 6 nitrogen and oxygen atoms in total. The fourth-order valence-electron chi connectivity index (χ4n) is 2.05. The maximum Gasteiger partial charge on any atom is 0.224 e. The highest BCUT2D eigenvalue weighted by atomic mass is 16.1. The van der Waals surface area contributed by atoms with E-state index < -0.39 is 0 Å². The van der Waals surface area contributed by atoms with E-state index in [0.717, 1.165) is 43.9 Å². The topological polar surface area (TPSA) is 78.9 Å². The van der Waals surface area contributed by atoms with Gasteiger partial charge in [0.25, 0.3) is 0 Å². The molecule has 0 aliphatic carbocycles. The molecule has 31 heavy (non-hydrogen) atoms. The summed E-state index contributed by atoms with van der Waals surface area (Å²) < 4.78 is 0. The zero-order valence-electron chi connectivity index (χ0n) is 22.5. The van der Waals surface area contributed by atoms with Crippen LogP contribution < -0.4 is 16.0 Å². The maximum atomic E-state index is 9.78. The van der Waals surface area contributed by atoms with Gasteiger partial charge in [-0.2, -0.15) is 4.98 Å². The number of anilines is 2. The molecule has 1 heterocycles. The van der Waals surface area contributed by atoms with Crippen LogP contribution in [0.3, 0.4) is 0 Å². The normalized spacial score (nSPS) is 8.45. The van der Waals surface area contributed by atoms with E-state index in [1.807, 2.05) is 47.7 Å². The maximum absolute atomic E-state index is 9.78. The van der Waals surface area contributed by atoms with Crippen LogP contribution in [0.15, 0.2) is 6.07 Å². The number of unbranched alkanes of at least 4 members (excludes halogenated alkanes) is 5. The number of aromatic nitrogens is 2. The van der Waals surface area contributed by atoms with Crippen molar-refractivity contribution in [1.29, 1.82) is 0 Å². The van der Waals surface area contributed by atoms with Gasteiger partial charge in [-0.3, -0.25) is 4.79 Å². The number of rotatable bonds is 12. The van der Waals surface area contributed by atoms with E-state index in [2.05, 4.69) is 53.6 Å². The summed E-state index contributed by atoms with van der Waals surface area (Å²) in [6.45, 7) is 20.4. The summed E-state index contributed by atoms with van der Waals surface area (Å²) in [4.78, 5) is 18.3. The van der Waals surface area contributed by atoms with Gasteiger partial charge in [0.1, 0.15) is 5.82 Å². The van der Waals surface area contributed by atoms with Crippen molar-refractivity contribution in [2.75, 3.05) is 30.8 Å². The summed E-state index contributed by atoms with van der Waals surface area (Å²) in [5.74, 6) is 1.57. The van der Waals surface area contributed by atoms with E-state index in [0.29, 0.717) is 5.95 Å². The average molecular weight is 442 g/mol. The molecular weight excluding hydrogens is 386 g/mol. The van der Waals surface area contributed by atoms with Crippen LogP contribution in [0.1, 0.15) is 112 Å². The summed E-state index contributed by atoms with van der Waals surface area (Å²) >= 11 is 0. The van der Waals surface area contributed by atoms with Crippen molar-refractivity contribution in [3.05, 3.63) is 11.8 Å². The Bertz CT molecular complexity index is 442. The summed E-state index contributed by atoms with van der Waals surface area (Å²) in [5, 5.41) is 8.85. The summed E-state index contributed by atoms with van der Waals surface area (Å²) in [5.41, 5.74) is 0.975. The smallest absolute Gasteiger partial charge is 0.224 e. The van der Waals surface area contributed by atoms with E-state index in [4.69, 9.17) is 0 Å². The van der Waals surface area contributed by atoms with Gasteiger partial charge in [-0.1, -0.05) is 93.9 Å². The fourth-order valence-corrected chi connectivity index (χ4v) is 2.05. The molecule has 0 saturated heterocycles. The third-order valence-corrected chi connectivity index (χ3v) is 3.42. The minimum atomic E-state index is 0.670. The molecule has 0 fully saturated rings. The molecular formula is C25H55N5O. The van der Waals surface area contributed by atoms with Crippen molar-refractivity contribution in [3.8, 4) is 0 Å². The van der Waals surface area contributed by atoms with E-state index in [-0.39, 0.29) is 0 Å². The third kappa shape index (κ3) is 33.0. The van der Waals surface area contributed by atoms with Crippen LogP contribution >= 0.6 is 0 Å². The zero-order chi connectivity index (χ0) is 24.8. The second-order valence-corrected chi connectivity index (χ2v) is 6.44. The van der Waals surface area contributed by atoms with E-state index >= 15 is 0 Å². The molecule has 0 saturated carbocycles. The Morgan fingerprint density at radius 1 is 0.839 bits per heavy atom. The van der Waals surface area contributed by atoms with Gasteiger partial charge in [-0.15, -0.1) is 0 Å². The standard InChI is InChI=1S/C10H18N4.C8H17NO.C3H8.2C2H6/c1-4-5-6-12-9-7-8(2)13-10(11-3)14-9;1-2-3-4-5-6-7-9-8-10;1-3-2;2*1-2/h7H,4-6H2,1-3H3,(H2,11,12,13,14);8H,2-7H2,1H3,(H,9,10);3H2,1-2H3;2*1-2H3. The lowest BCUT2D eigenvalue weighted by atomic mass is 10.1. The SMILES string of the molecule is CC.CC.CCC.CCCCCCCNC=O.CCCCNc1cc(C)nc(NC)n1. The van der Waals surface area contributed by atoms with Crippen molar-refractivity contribution in [1.82, 2.24) is 15.3 Å². The van der Waals surface area contributed by atoms with Gasteiger partial charge in [0.15, 0.2) is 0 Å².